The zero-order valence-corrected chi connectivity index (χ0v) is 17.3. The van der Waals surface area contributed by atoms with Crippen molar-refractivity contribution in [3.05, 3.63) is 40.6 Å². The van der Waals surface area contributed by atoms with Crippen molar-refractivity contribution >= 4 is 72.0 Å². The quantitative estimate of drug-likeness (QED) is 0.267. The lowest BCUT2D eigenvalue weighted by Crippen LogP contribution is -2.22. The van der Waals surface area contributed by atoms with Crippen LogP contribution in [0.25, 0.3) is 20.8 Å². The minimum Gasteiger partial charge on any atom is -0.307 e. The largest absolute Gasteiger partial charge is 0.455 e. The lowest BCUT2D eigenvalue weighted by molar-refractivity contribution is -0.0882. The molecule has 0 amide bonds. The molecule has 28 heavy (non-hydrogen) atoms. The van der Waals surface area contributed by atoms with Crippen LogP contribution >= 0.6 is 45.8 Å². The van der Waals surface area contributed by atoms with E-state index in [0.29, 0.717) is 21.3 Å². The molecule has 0 spiro atoms. The number of thioether (sulfide) groups is 1. The van der Waals surface area contributed by atoms with Crippen molar-refractivity contribution in [1.82, 2.24) is 9.97 Å². The molecule has 1 N–H and O–H groups in total. The second kappa shape index (κ2) is 7.47. The van der Waals surface area contributed by atoms with Gasteiger partial charge in [0.2, 0.25) is 0 Å². The number of thiophene rings is 1. The Balaban J connectivity index is 1.71. The number of nitrogens with zero attached hydrogens (tertiary/aromatic N) is 2. The van der Waals surface area contributed by atoms with Crippen LogP contribution in [0, 0.1) is 0 Å². The highest BCUT2D eigenvalue weighted by molar-refractivity contribution is 7.98. The molecule has 1 aromatic carbocycles. The molecule has 0 saturated carbocycles. The van der Waals surface area contributed by atoms with Crippen LogP contribution in [0.3, 0.4) is 0 Å². The SMILES string of the molecule is CSc1ccc2nc(Nc3nc(-c4cccs4)c(C(=O)C(F)(F)F)s3)sc2c1. The van der Waals surface area contributed by atoms with Gasteiger partial charge in [-0.05, 0) is 35.9 Å². The molecule has 4 rings (SSSR count). The van der Waals surface area contributed by atoms with E-state index >= 15 is 0 Å². The highest BCUT2D eigenvalue weighted by Gasteiger charge is 2.42. The number of fused-ring (bicyclic) bond motifs is 1. The van der Waals surface area contributed by atoms with E-state index in [1.807, 2.05) is 24.5 Å². The maximum absolute atomic E-state index is 13.0. The Morgan fingerprint density at radius 2 is 1.93 bits per heavy atom. The molecule has 4 aromatic rings. The van der Waals surface area contributed by atoms with Crippen molar-refractivity contribution in [3.63, 3.8) is 0 Å². The second-order valence-electron chi connectivity index (χ2n) is 5.48. The molecule has 3 heterocycles. The number of hydrogen-bond donors (Lipinski definition) is 1. The smallest absolute Gasteiger partial charge is 0.307 e. The van der Waals surface area contributed by atoms with Crippen LogP contribution in [0.4, 0.5) is 23.4 Å². The van der Waals surface area contributed by atoms with E-state index in [-0.39, 0.29) is 10.8 Å². The summed E-state index contributed by atoms with van der Waals surface area (Å²) in [5.74, 6) is -1.89. The standard InChI is InChI=1S/C17H10F3N3OS4/c1-25-8-4-5-9-11(7-8)27-15(21-9)23-16-22-12(10-3-2-6-26-10)13(28-16)14(24)17(18,19)20/h2-7H,1H3,(H,21,22,23). The normalized spacial score (nSPS) is 11.9. The van der Waals surface area contributed by atoms with Gasteiger partial charge in [0, 0.05) is 4.90 Å². The Kier molecular flexibility index (Phi) is 5.17. The first-order chi connectivity index (χ1) is 13.3. The van der Waals surface area contributed by atoms with Gasteiger partial charge in [-0.15, -0.1) is 23.1 Å². The van der Waals surface area contributed by atoms with Crippen molar-refractivity contribution in [2.45, 2.75) is 11.1 Å². The van der Waals surface area contributed by atoms with Crippen molar-refractivity contribution in [3.8, 4) is 10.6 Å². The summed E-state index contributed by atoms with van der Waals surface area (Å²) in [6.45, 7) is 0. The number of carbonyl (C=O) groups excluding carboxylic acids is 1. The van der Waals surface area contributed by atoms with E-state index in [1.165, 1.54) is 22.7 Å². The summed E-state index contributed by atoms with van der Waals surface area (Å²) in [6.07, 6.45) is -2.98. The Morgan fingerprint density at radius 1 is 1.14 bits per heavy atom. The summed E-state index contributed by atoms with van der Waals surface area (Å²) >= 11 is 4.90. The fourth-order valence-electron chi connectivity index (χ4n) is 2.41. The van der Waals surface area contributed by atoms with E-state index in [4.69, 9.17) is 0 Å². The number of rotatable bonds is 5. The third kappa shape index (κ3) is 3.79. The third-order valence-electron chi connectivity index (χ3n) is 3.65. The van der Waals surface area contributed by atoms with Crippen LogP contribution in [0.15, 0.2) is 40.6 Å². The molecule has 4 nitrogen and oxygen atoms in total. The lowest BCUT2D eigenvalue weighted by atomic mass is 10.2. The first-order valence-corrected chi connectivity index (χ1v) is 11.5. The van der Waals surface area contributed by atoms with E-state index in [9.17, 15) is 18.0 Å². The van der Waals surface area contributed by atoms with Gasteiger partial charge in [-0.2, -0.15) is 13.2 Å². The monoisotopic (exact) mass is 457 g/mol. The first kappa shape index (κ1) is 19.4. The van der Waals surface area contributed by atoms with Crippen LogP contribution < -0.4 is 5.32 Å². The third-order valence-corrected chi connectivity index (χ3v) is 7.16. The number of carbonyl (C=O) groups is 1. The van der Waals surface area contributed by atoms with Gasteiger partial charge in [-0.25, -0.2) is 9.97 Å². The van der Waals surface area contributed by atoms with E-state index in [2.05, 4.69) is 15.3 Å². The molecule has 0 aliphatic carbocycles. The summed E-state index contributed by atoms with van der Waals surface area (Å²) in [5.41, 5.74) is 0.822. The molecule has 0 bridgehead atoms. The Bertz CT molecular complexity index is 1150. The van der Waals surface area contributed by atoms with Crippen LogP contribution in [-0.4, -0.2) is 28.2 Å². The second-order valence-corrected chi connectivity index (χ2v) is 9.34. The predicted octanol–water partition coefficient (Wildman–Crippen LogP) is 6.69. The number of halogens is 3. The Labute approximate surface area is 173 Å². The molecule has 0 saturated heterocycles. The summed E-state index contributed by atoms with van der Waals surface area (Å²) in [6, 6.07) is 9.18. The zero-order valence-electron chi connectivity index (χ0n) is 14.0. The van der Waals surface area contributed by atoms with Crippen LogP contribution in [-0.2, 0) is 0 Å². The molecule has 0 unspecified atom stereocenters. The van der Waals surface area contributed by atoms with Crippen LogP contribution in [0.1, 0.15) is 9.67 Å². The number of ketones is 1. The highest BCUT2D eigenvalue weighted by Crippen LogP contribution is 2.39. The number of alkyl halides is 3. The van der Waals surface area contributed by atoms with Crippen LogP contribution in [0.2, 0.25) is 0 Å². The van der Waals surface area contributed by atoms with Crippen molar-refractivity contribution in [2.24, 2.45) is 0 Å². The average Bonchev–Trinajstić information content (AvgIpc) is 3.38. The number of thiazole rings is 2. The Morgan fingerprint density at radius 3 is 2.61 bits per heavy atom. The highest BCUT2D eigenvalue weighted by atomic mass is 32.2. The van der Waals surface area contributed by atoms with Gasteiger partial charge in [0.15, 0.2) is 10.3 Å². The van der Waals surface area contributed by atoms with Gasteiger partial charge < -0.3 is 5.32 Å². The number of Topliss-reactive ketones (excluding diaryl/α,β-unsaturated/α-hetero) is 1. The number of nitrogens with one attached hydrogen (secondary N) is 1. The van der Waals surface area contributed by atoms with E-state index < -0.39 is 16.8 Å². The minimum absolute atomic E-state index is 0.0376. The van der Waals surface area contributed by atoms with Crippen molar-refractivity contribution in [1.29, 1.82) is 0 Å². The lowest BCUT2D eigenvalue weighted by Gasteiger charge is -2.03. The van der Waals surface area contributed by atoms with Gasteiger partial charge in [-0.1, -0.05) is 28.7 Å². The van der Waals surface area contributed by atoms with Crippen LogP contribution in [0.5, 0.6) is 0 Å². The van der Waals surface area contributed by atoms with Crippen molar-refractivity contribution in [2.75, 3.05) is 11.6 Å². The van der Waals surface area contributed by atoms with Gasteiger partial charge in [0.25, 0.3) is 5.78 Å². The van der Waals surface area contributed by atoms with Gasteiger partial charge >= 0.3 is 6.18 Å². The average molecular weight is 458 g/mol. The molecular formula is C17H10F3N3OS4. The van der Waals surface area contributed by atoms with Gasteiger partial charge in [0.1, 0.15) is 10.6 Å². The summed E-state index contributed by atoms with van der Waals surface area (Å²) < 4.78 is 40.0. The number of benzene rings is 1. The molecular weight excluding hydrogens is 447 g/mol. The molecule has 0 aliphatic heterocycles. The van der Waals surface area contributed by atoms with Gasteiger partial charge in [0.05, 0.1) is 15.1 Å². The fourth-order valence-corrected chi connectivity index (χ4v) is 5.62. The maximum atomic E-state index is 13.0. The first-order valence-electron chi connectivity index (χ1n) is 7.73. The summed E-state index contributed by atoms with van der Waals surface area (Å²) in [4.78, 5) is 21.7. The number of aromatic nitrogens is 2. The molecule has 144 valence electrons. The predicted molar refractivity (Wildman–Crippen MR) is 110 cm³/mol. The van der Waals surface area contributed by atoms with Gasteiger partial charge in [-0.3, -0.25) is 4.79 Å². The Hall–Kier alpha value is -1.95. The minimum atomic E-state index is -4.96. The summed E-state index contributed by atoms with van der Waals surface area (Å²) in [7, 11) is 0. The zero-order chi connectivity index (χ0) is 19.9. The molecule has 0 radical (unpaired) electrons. The maximum Gasteiger partial charge on any atom is 0.455 e. The molecule has 11 heteroatoms. The topological polar surface area (TPSA) is 54.9 Å². The van der Waals surface area contributed by atoms with Crippen molar-refractivity contribution < 1.29 is 18.0 Å². The molecule has 0 atom stereocenters. The summed E-state index contributed by atoms with van der Waals surface area (Å²) in [5, 5.41) is 5.38. The fraction of sp³-hybridized carbons (Fsp3) is 0.118. The molecule has 0 fully saturated rings. The number of hydrogen-bond acceptors (Lipinski definition) is 8. The van der Waals surface area contributed by atoms with E-state index in [1.54, 1.807) is 29.3 Å². The molecule has 0 aliphatic rings. The van der Waals surface area contributed by atoms with E-state index in [0.717, 1.165) is 15.1 Å². The number of anilines is 2. The molecule has 3 aromatic heterocycles.